The first-order chi connectivity index (χ1) is 16.8. The third-order valence-corrected chi connectivity index (χ3v) is 6.29. The highest BCUT2D eigenvalue weighted by Gasteiger charge is 2.25. The zero-order chi connectivity index (χ0) is 24.9. The average molecular weight is 496 g/mol. The number of piperazine rings is 1. The number of aryl methyl sites for hydroxylation is 1. The van der Waals surface area contributed by atoms with Gasteiger partial charge in [-0.3, -0.25) is 14.9 Å². The Balaban J connectivity index is 1.63. The molecule has 0 radical (unpaired) electrons. The summed E-state index contributed by atoms with van der Waals surface area (Å²) in [5.74, 6) is 0.209. The van der Waals surface area contributed by atoms with Gasteiger partial charge in [-0.15, -0.1) is 11.3 Å². The summed E-state index contributed by atoms with van der Waals surface area (Å²) >= 11 is 1.45. The van der Waals surface area contributed by atoms with Gasteiger partial charge in [0.15, 0.2) is 5.13 Å². The maximum Gasteiger partial charge on any atom is 0.317 e. The molecule has 0 aliphatic carbocycles. The molecular weight excluding hydrogens is 470 g/mol. The number of pyridine rings is 1. The number of amides is 3. The Kier molecular flexibility index (Phi) is 7.20. The van der Waals surface area contributed by atoms with Crippen LogP contribution in [-0.4, -0.2) is 69.4 Å². The fourth-order valence-electron chi connectivity index (χ4n) is 3.73. The molecule has 4 rings (SSSR count). The van der Waals surface area contributed by atoms with Gasteiger partial charge in [0.05, 0.1) is 10.6 Å². The van der Waals surface area contributed by atoms with Crippen molar-refractivity contribution >= 4 is 39.9 Å². The number of nitrogens with one attached hydrogen (secondary N) is 2. The Hall–Kier alpha value is -4.06. The van der Waals surface area contributed by atoms with Crippen molar-refractivity contribution in [3.63, 3.8) is 0 Å². The minimum Gasteiger partial charge on any atom is -0.338 e. The summed E-state index contributed by atoms with van der Waals surface area (Å²) in [6.45, 7) is 6.01. The molecule has 3 amide bonds. The molecule has 2 aromatic heterocycles. The number of benzene rings is 1. The van der Waals surface area contributed by atoms with Crippen LogP contribution in [0.2, 0.25) is 0 Å². The van der Waals surface area contributed by atoms with Gasteiger partial charge in [0.1, 0.15) is 5.82 Å². The highest BCUT2D eigenvalue weighted by Crippen LogP contribution is 2.28. The van der Waals surface area contributed by atoms with Crippen LogP contribution in [0.3, 0.4) is 0 Å². The minimum absolute atomic E-state index is 0.0624. The lowest BCUT2D eigenvalue weighted by Gasteiger charge is -2.34. The van der Waals surface area contributed by atoms with Crippen molar-refractivity contribution in [1.82, 2.24) is 25.1 Å². The summed E-state index contributed by atoms with van der Waals surface area (Å²) in [5.41, 5.74) is 1.28. The first-order valence-electron chi connectivity index (χ1n) is 11.1. The maximum atomic E-state index is 13.4. The number of hydrogen-bond donors (Lipinski definition) is 2. The van der Waals surface area contributed by atoms with E-state index in [-0.39, 0.29) is 17.6 Å². The molecule has 1 saturated heterocycles. The lowest BCUT2D eigenvalue weighted by Crippen LogP contribution is -2.53. The van der Waals surface area contributed by atoms with E-state index >= 15 is 0 Å². The van der Waals surface area contributed by atoms with Crippen LogP contribution in [0.1, 0.15) is 22.2 Å². The molecule has 3 aromatic rings. The van der Waals surface area contributed by atoms with E-state index in [4.69, 9.17) is 0 Å². The fraction of sp³-hybridized carbons (Fsp3) is 0.304. The number of rotatable bonds is 6. The second-order valence-electron chi connectivity index (χ2n) is 7.95. The van der Waals surface area contributed by atoms with Crippen molar-refractivity contribution in [2.24, 2.45) is 0 Å². The molecule has 3 heterocycles. The van der Waals surface area contributed by atoms with Gasteiger partial charge in [-0.25, -0.2) is 14.8 Å². The van der Waals surface area contributed by atoms with Crippen LogP contribution in [0.15, 0.2) is 42.6 Å². The molecule has 0 spiro atoms. The van der Waals surface area contributed by atoms with Gasteiger partial charge in [-0.05, 0) is 26.0 Å². The Morgan fingerprint density at radius 3 is 2.54 bits per heavy atom. The van der Waals surface area contributed by atoms with Gasteiger partial charge < -0.3 is 20.4 Å². The predicted octanol–water partition coefficient (Wildman–Crippen LogP) is 3.65. The number of carbonyl (C=O) groups is 2. The highest BCUT2D eigenvalue weighted by atomic mass is 32.1. The first-order valence-corrected chi connectivity index (χ1v) is 11.9. The number of nitro groups is 1. The molecule has 0 bridgehead atoms. The van der Waals surface area contributed by atoms with Crippen molar-refractivity contribution in [2.45, 2.75) is 13.8 Å². The van der Waals surface area contributed by atoms with Crippen molar-refractivity contribution in [1.29, 1.82) is 0 Å². The van der Waals surface area contributed by atoms with Crippen molar-refractivity contribution < 1.29 is 14.5 Å². The predicted molar refractivity (Wildman–Crippen MR) is 133 cm³/mol. The summed E-state index contributed by atoms with van der Waals surface area (Å²) in [7, 11) is 0. The Morgan fingerprint density at radius 2 is 1.89 bits per heavy atom. The Labute approximate surface area is 205 Å². The molecule has 182 valence electrons. The number of nitro benzene ring substituents is 1. The van der Waals surface area contributed by atoms with Crippen LogP contribution in [-0.2, 0) is 0 Å². The molecular formula is C23H25N7O4S. The third-order valence-electron chi connectivity index (χ3n) is 5.46. The quantitative estimate of drug-likeness (QED) is 0.394. The van der Waals surface area contributed by atoms with E-state index < -0.39 is 4.92 Å². The standard InChI is InChI=1S/C23H25N7O4S/c1-3-24-23(32)29-9-7-28(8-10-29)21(31)17-12-19(16-5-4-6-18(11-16)30(33)34)26-20(13-17)27-22-25-14-15(2)35-22/h4-6,11-14H,3,7-10H2,1-2H3,(H,24,32)(H,25,26,27). The van der Waals surface area contributed by atoms with Crippen molar-refractivity contribution in [2.75, 3.05) is 38.0 Å². The Bertz CT molecular complexity index is 1250. The molecule has 0 unspecified atom stereocenters. The summed E-state index contributed by atoms with van der Waals surface area (Å²) < 4.78 is 0. The zero-order valence-corrected chi connectivity index (χ0v) is 20.2. The van der Waals surface area contributed by atoms with E-state index in [2.05, 4.69) is 20.6 Å². The maximum absolute atomic E-state index is 13.4. The molecule has 2 N–H and O–H groups in total. The SMILES string of the molecule is CCNC(=O)N1CCN(C(=O)c2cc(Nc3ncc(C)s3)nc(-c3cccc([N+](=O)[O-])c3)c2)CC1. The number of carbonyl (C=O) groups excluding carboxylic acids is 2. The number of non-ortho nitro benzene ring substituents is 1. The number of anilines is 2. The summed E-state index contributed by atoms with van der Waals surface area (Å²) in [6, 6.07) is 9.28. The third kappa shape index (κ3) is 5.72. The topological polar surface area (TPSA) is 134 Å². The number of nitrogens with zero attached hydrogens (tertiary/aromatic N) is 5. The minimum atomic E-state index is -0.468. The Morgan fingerprint density at radius 1 is 1.14 bits per heavy atom. The summed E-state index contributed by atoms with van der Waals surface area (Å²) in [5, 5.41) is 17.8. The van der Waals surface area contributed by atoms with E-state index in [1.165, 1.54) is 23.5 Å². The lowest BCUT2D eigenvalue weighted by molar-refractivity contribution is -0.384. The van der Waals surface area contributed by atoms with Crippen LogP contribution in [0.5, 0.6) is 0 Å². The molecule has 1 aliphatic rings. The number of aromatic nitrogens is 2. The summed E-state index contributed by atoms with van der Waals surface area (Å²) in [4.78, 5) is 49.6. The van der Waals surface area contributed by atoms with Gasteiger partial charge in [-0.2, -0.15) is 0 Å². The molecule has 11 nitrogen and oxygen atoms in total. The fourth-order valence-corrected chi connectivity index (χ4v) is 4.40. The molecule has 1 fully saturated rings. The van der Waals surface area contributed by atoms with E-state index in [1.54, 1.807) is 40.3 Å². The summed E-state index contributed by atoms with van der Waals surface area (Å²) in [6.07, 6.45) is 1.73. The van der Waals surface area contributed by atoms with Crippen LogP contribution < -0.4 is 10.6 Å². The van der Waals surface area contributed by atoms with Crippen LogP contribution in [0.25, 0.3) is 11.3 Å². The second-order valence-corrected chi connectivity index (χ2v) is 9.18. The second kappa shape index (κ2) is 10.5. The van der Waals surface area contributed by atoms with E-state index in [0.29, 0.717) is 60.5 Å². The average Bonchev–Trinajstić information content (AvgIpc) is 3.28. The van der Waals surface area contributed by atoms with Crippen LogP contribution in [0, 0.1) is 17.0 Å². The smallest absolute Gasteiger partial charge is 0.317 e. The van der Waals surface area contributed by atoms with Gasteiger partial charge in [0.25, 0.3) is 11.6 Å². The van der Waals surface area contributed by atoms with Crippen LogP contribution in [0.4, 0.5) is 21.4 Å². The first kappa shape index (κ1) is 24.1. The van der Waals surface area contributed by atoms with Crippen LogP contribution >= 0.6 is 11.3 Å². The molecule has 35 heavy (non-hydrogen) atoms. The molecule has 1 aliphatic heterocycles. The highest BCUT2D eigenvalue weighted by molar-refractivity contribution is 7.15. The molecule has 0 saturated carbocycles. The van der Waals surface area contributed by atoms with Gasteiger partial charge in [0, 0.05) is 67.1 Å². The van der Waals surface area contributed by atoms with Crippen molar-refractivity contribution in [3.8, 4) is 11.3 Å². The van der Waals surface area contributed by atoms with Gasteiger partial charge >= 0.3 is 6.03 Å². The largest absolute Gasteiger partial charge is 0.338 e. The number of hydrogen-bond acceptors (Lipinski definition) is 8. The molecule has 1 aromatic carbocycles. The van der Waals surface area contributed by atoms with Gasteiger partial charge in [0.2, 0.25) is 0 Å². The number of thiazole rings is 1. The molecule has 12 heteroatoms. The van der Waals surface area contributed by atoms with Crippen molar-refractivity contribution in [3.05, 3.63) is 63.1 Å². The van der Waals surface area contributed by atoms with E-state index in [9.17, 15) is 19.7 Å². The van der Waals surface area contributed by atoms with Gasteiger partial charge in [-0.1, -0.05) is 12.1 Å². The monoisotopic (exact) mass is 495 g/mol. The van der Waals surface area contributed by atoms with E-state index in [0.717, 1.165) is 4.88 Å². The zero-order valence-electron chi connectivity index (χ0n) is 19.4. The van der Waals surface area contributed by atoms with E-state index in [1.807, 2.05) is 13.8 Å². The normalized spacial score (nSPS) is 13.4. The molecule has 0 atom stereocenters. The number of urea groups is 1. The lowest BCUT2D eigenvalue weighted by atomic mass is 10.1.